The van der Waals surface area contributed by atoms with Gasteiger partial charge >= 0.3 is 0 Å². The maximum absolute atomic E-state index is 11.9. The molecule has 0 aliphatic rings. The van der Waals surface area contributed by atoms with E-state index >= 15 is 0 Å². The average Bonchev–Trinajstić information content (AvgIpc) is 2.64. The maximum atomic E-state index is 11.9. The van der Waals surface area contributed by atoms with Crippen molar-refractivity contribution in [2.45, 2.75) is 26.3 Å². The van der Waals surface area contributed by atoms with Crippen molar-refractivity contribution < 1.29 is 9.21 Å². The van der Waals surface area contributed by atoms with Crippen molar-refractivity contribution >= 4 is 21.8 Å². The number of carbonyl (C=O) groups excluding carboxylic acids is 1. The number of hydrogen-bond donors (Lipinski definition) is 2. The topological polar surface area (TPSA) is 68.3 Å². The van der Waals surface area contributed by atoms with Crippen molar-refractivity contribution in [3.8, 4) is 0 Å². The monoisotopic (exact) mass is 288 g/mol. The third-order valence-corrected chi connectivity index (χ3v) is 3.34. The smallest absolute Gasteiger partial charge is 0.255 e. The van der Waals surface area contributed by atoms with E-state index in [-0.39, 0.29) is 11.8 Å². The van der Waals surface area contributed by atoms with E-state index in [0.717, 1.165) is 0 Å². The zero-order chi connectivity index (χ0) is 12.3. The van der Waals surface area contributed by atoms with Crippen LogP contribution in [0.1, 0.15) is 31.1 Å². The summed E-state index contributed by atoms with van der Waals surface area (Å²) in [5.41, 5.74) is 5.78. The van der Waals surface area contributed by atoms with E-state index in [9.17, 15) is 4.79 Å². The zero-order valence-corrected chi connectivity index (χ0v) is 11.3. The first-order valence-corrected chi connectivity index (χ1v) is 5.95. The number of hydrogen-bond acceptors (Lipinski definition) is 3. The van der Waals surface area contributed by atoms with Crippen LogP contribution in [-0.4, -0.2) is 18.0 Å². The molecule has 1 rings (SSSR count). The molecule has 1 amide bonds. The maximum Gasteiger partial charge on any atom is 0.255 e. The molecule has 1 unspecified atom stereocenters. The molecule has 90 valence electrons. The van der Waals surface area contributed by atoms with E-state index < -0.39 is 5.54 Å². The first-order chi connectivity index (χ1) is 7.39. The predicted octanol–water partition coefficient (Wildman–Crippen LogP) is 2.15. The molecule has 0 aromatic carbocycles. The molecule has 0 saturated carbocycles. The normalized spacial score (nSPS) is 14.9. The molecule has 1 heterocycles. The summed E-state index contributed by atoms with van der Waals surface area (Å²) in [6, 6.07) is 1.63. The molecule has 4 nitrogen and oxygen atoms in total. The van der Waals surface area contributed by atoms with Crippen LogP contribution < -0.4 is 11.1 Å². The van der Waals surface area contributed by atoms with Gasteiger partial charge in [0.25, 0.3) is 5.91 Å². The third-order valence-electron chi connectivity index (χ3n) is 2.93. The molecular formula is C11H17BrN2O2. The summed E-state index contributed by atoms with van der Waals surface area (Å²) in [4.78, 5) is 11.9. The summed E-state index contributed by atoms with van der Waals surface area (Å²) in [6.07, 6.45) is 1.41. The quantitative estimate of drug-likeness (QED) is 0.892. The fraction of sp³-hybridized carbons (Fsp3) is 0.545. The number of rotatable bonds is 4. The van der Waals surface area contributed by atoms with Crippen LogP contribution in [0, 0.1) is 5.92 Å². The fourth-order valence-electron chi connectivity index (χ4n) is 1.19. The van der Waals surface area contributed by atoms with Crippen LogP contribution in [-0.2, 0) is 0 Å². The molecule has 0 fully saturated rings. The molecule has 5 heteroatoms. The van der Waals surface area contributed by atoms with Gasteiger partial charge in [0.05, 0.1) is 11.1 Å². The Bertz CT molecular complexity index is 376. The highest BCUT2D eigenvalue weighted by Crippen LogP contribution is 2.18. The van der Waals surface area contributed by atoms with Crippen LogP contribution in [0.4, 0.5) is 0 Å². The van der Waals surface area contributed by atoms with Crippen molar-refractivity contribution in [3.63, 3.8) is 0 Å². The van der Waals surface area contributed by atoms with E-state index in [1.807, 2.05) is 20.8 Å². The summed E-state index contributed by atoms with van der Waals surface area (Å²) in [5, 5.41) is 2.93. The number of halogens is 1. The summed E-state index contributed by atoms with van der Waals surface area (Å²) in [7, 11) is 0. The Morgan fingerprint density at radius 1 is 1.69 bits per heavy atom. The molecule has 0 radical (unpaired) electrons. The number of nitrogens with two attached hydrogens (primary N) is 1. The number of nitrogens with one attached hydrogen (secondary N) is 1. The van der Waals surface area contributed by atoms with Gasteiger partial charge in [-0.3, -0.25) is 4.79 Å². The van der Waals surface area contributed by atoms with Crippen molar-refractivity contribution in [3.05, 3.63) is 22.6 Å². The molecule has 3 N–H and O–H groups in total. The molecule has 1 atom stereocenters. The van der Waals surface area contributed by atoms with E-state index in [0.29, 0.717) is 16.8 Å². The minimum atomic E-state index is -0.402. The van der Waals surface area contributed by atoms with Crippen molar-refractivity contribution in [1.82, 2.24) is 5.32 Å². The molecule has 1 aromatic heterocycles. The Kier molecular flexibility index (Phi) is 4.15. The Balaban J connectivity index is 2.77. The van der Waals surface area contributed by atoms with Gasteiger partial charge in [0.2, 0.25) is 0 Å². The average molecular weight is 289 g/mol. The van der Waals surface area contributed by atoms with Crippen LogP contribution in [0.15, 0.2) is 21.4 Å². The highest BCUT2D eigenvalue weighted by Gasteiger charge is 2.29. The third kappa shape index (κ3) is 2.86. The van der Waals surface area contributed by atoms with Gasteiger partial charge in [0.15, 0.2) is 4.67 Å². The van der Waals surface area contributed by atoms with Gasteiger partial charge in [0.1, 0.15) is 6.26 Å². The van der Waals surface area contributed by atoms with Crippen LogP contribution in [0.5, 0.6) is 0 Å². The van der Waals surface area contributed by atoms with E-state index in [4.69, 9.17) is 10.2 Å². The lowest BCUT2D eigenvalue weighted by Gasteiger charge is -2.33. The molecule has 0 saturated heterocycles. The Morgan fingerprint density at radius 3 is 2.69 bits per heavy atom. The molecular weight excluding hydrogens is 272 g/mol. The van der Waals surface area contributed by atoms with Gasteiger partial charge in [-0.1, -0.05) is 13.8 Å². The Labute approximate surface area is 104 Å². The molecule has 1 aromatic rings. The van der Waals surface area contributed by atoms with Crippen molar-refractivity contribution in [1.29, 1.82) is 0 Å². The minimum absolute atomic E-state index is 0.170. The van der Waals surface area contributed by atoms with Crippen LogP contribution in [0.2, 0.25) is 0 Å². The van der Waals surface area contributed by atoms with Crippen LogP contribution >= 0.6 is 15.9 Å². The standard InChI is InChI=1S/C11H17BrN2O2/c1-7(2)11(3,6-13)14-10(15)8-4-9(12)16-5-8/h4-5,7H,6,13H2,1-3H3,(H,14,15). The highest BCUT2D eigenvalue weighted by atomic mass is 79.9. The zero-order valence-electron chi connectivity index (χ0n) is 9.71. The summed E-state index contributed by atoms with van der Waals surface area (Å²) >= 11 is 3.15. The van der Waals surface area contributed by atoms with Gasteiger partial charge in [-0.05, 0) is 28.8 Å². The highest BCUT2D eigenvalue weighted by molar-refractivity contribution is 9.10. The summed E-state index contributed by atoms with van der Waals surface area (Å²) in [6.45, 7) is 6.39. The molecule has 16 heavy (non-hydrogen) atoms. The van der Waals surface area contributed by atoms with Gasteiger partial charge in [0, 0.05) is 12.6 Å². The van der Waals surface area contributed by atoms with E-state index in [2.05, 4.69) is 21.2 Å². The van der Waals surface area contributed by atoms with Gasteiger partial charge in [-0.15, -0.1) is 0 Å². The van der Waals surface area contributed by atoms with Gasteiger partial charge in [-0.25, -0.2) is 0 Å². The number of furan rings is 1. The van der Waals surface area contributed by atoms with Crippen molar-refractivity contribution in [2.24, 2.45) is 11.7 Å². The van der Waals surface area contributed by atoms with E-state index in [1.54, 1.807) is 6.07 Å². The second-order valence-electron chi connectivity index (χ2n) is 4.37. The lowest BCUT2D eigenvalue weighted by Crippen LogP contribution is -2.54. The molecule has 0 bridgehead atoms. The van der Waals surface area contributed by atoms with E-state index in [1.165, 1.54) is 6.26 Å². The Hall–Kier alpha value is -0.810. The number of amides is 1. The lowest BCUT2D eigenvalue weighted by atomic mass is 9.88. The summed E-state index contributed by atoms with van der Waals surface area (Å²) < 4.78 is 5.56. The lowest BCUT2D eigenvalue weighted by molar-refractivity contribution is 0.0882. The minimum Gasteiger partial charge on any atom is -0.457 e. The largest absolute Gasteiger partial charge is 0.457 e. The SMILES string of the molecule is CC(C)C(C)(CN)NC(=O)c1coc(Br)c1. The molecule has 0 spiro atoms. The van der Waals surface area contributed by atoms with Crippen molar-refractivity contribution in [2.75, 3.05) is 6.54 Å². The first-order valence-electron chi connectivity index (χ1n) is 5.15. The molecule has 0 aliphatic heterocycles. The summed E-state index contributed by atoms with van der Waals surface area (Å²) in [5.74, 6) is 0.0906. The van der Waals surface area contributed by atoms with Crippen LogP contribution in [0.3, 0.4) is 0 Å². The van der Waals surface area contributed by atoms with Crippen LogP contribution in [0.25, 0.3) is 0 Å². The van der Waals surface area contributed by atoms with Gasteiger partial charge in [-0.2, -0.15) is 0 Å². The number of carbonyl (C=O) groups is 1. The molecule has 0 aliphatic carbocycles. The Morgan fingerprint density at radius 2 is 2.31 bits per heavy atom. The second kappa shape index (κ2) is 5.01. The predicted molar refractivity (Wildman–Crippen MR) is 66.2 cm³/mol. The first kappa shape index (κ1) is 13.3. The van der Waals surface area contributed by atoms with Gasteiger partial charge < -0.3 is 15.5 Å². The second-order valence-corrected chi connectivity index (χ2v) is 5.15. The fourth-order valence-corrected chi connectivity index (χ4v) is 1.53.